The molecule has 1 heterocycles. The van der Waals surface area contributed by atoms with Crippen molar-refractivity contribution in [3.05, 3.63) is 77.1 Å². The molecule has 1 amide bonds. The van der Waals surface area contributed by atoms with Crippen molar-refractivity contribution in [2.75, 3.05) is 7.11 Å². The van der Waals surface area contributed by atoms with Crippen LogP contribution in [-0.2, 0) is 0 Å². The number of aryl methyl sites for hydroxylation is 1. The van der Waals surface area contributed by atoms with Gasteiger partial charge < -0.3 is 14.4 Å². The molecule has 6 heteroatoms. The Kier molecular flexibility index (Phi) is 5.26. The molecule has 2 aromatic carbocycles. The highest BCUT2D eigenvalue weighted by Crippen LogP contribution is 2.22. The Morgan fingerprint density at radius 3 is 2.52 bits per heavy atom. The Balaban J connectivity index is 1.79. The summed E-state index contributed by atoms with van der Waals surface area (Å²) in [7, 11) is 1.64. The fraction of sp³-hybridized carbons (Fsp3) is 0.143. The highest BCUT2D eigenvalue weighted by Gasteiger charge is 2.11. The van der Waals surface area contributed by atoms with Crippen LogP contribution in [-0.4, -0.2) is 28.9 Å². The van der Waals surface area contributed by atoms with Gasteiger partial charge in [0, 0.05) is 22.6 Å². The van der Waals surface area contributed by atoms with Crippen molar-refractivity contribution < 1.29 is 14.6 Å². The Morgan fingerprint density at radius 2 is 1.85 bits per heavy atom. The number of aromatic hydroxyl groups is 1. The van der Waals surface area contributed by atoms with Gasteiger partial charge in [0.15, 0.2) is 0 Å². The third kappa shape index (κ3) is 3.84. The molecule has 6 nitrogen and oxygen atoms in total. The molecule has 2 N–H and O–H groups in total. The third-order valence-corrected chi connectivity index (χ3v) is 4.32. The summed E-state index contributed by atoms with van der Waals surface area (Å²) in [5.74, 6) is 0.256. The van der Waals surface area contributed by atoms with Crippen LogP contribution in [0.3, 0.4) is 0 Å². The quantitative estimate of drug-likeness (QED) is 0.537. The van der Waals surface area contributed by atoms with Crippen molar-refractivity contribution in [1.29, 1.82) is 0 Å². The zero-order chi connectivity index (χ0) is 19.4. The minimum Gasteiger partial charge on any atom is -0.507 e. The number of hydrazone groups is 1. The monoisotopic (exact) mass is 363 g/mol. The van der Waals surface area contributed by atoms with Gasteiger partial charge in [0.05, 0.1) is 18.9 Å². The molecule has 3 rings (SSSR count). The number of methoxy groups -OCH3 is 1. The molecule has 0 saturated heterocycles. The Bertz CT molecular complexity index is 988. The molecule has 1 aromatic heterocycles. The number of phenols is 1. The lowest BCUT2D eigenvalue weighted by atomic mass is 10.2. The van der Waals surface area contributed by atoms with E-state index in [2.05, 4.69) is 15.1 Å². The van der Waals surface area contributed by atoms with E-state index in [0.717, 1.165) is 28.4 Å². The van der Waals surface area contributed by atoms with Gasteiger partial charge in [0.2, 0.25) is 0 Å². The topological polar surface area (TPSA) is 75.8 Å². The molecule has 3 aromatic rings. The number of hydrogen-bond acceptors (Lipinski definition) is 4. The van der Waals surface area contributed by atoms with Crippen molar-refractivity contribution in [1.82, 2.24) is 9.99 Å². The normalized spacial score (nSPS) is 10.9. The highest BCUT2D eigenvalue weighted by atomic mass is 16.5. The van der Waals surface area contributed by atoms with Gasteiger partial charge in [0.25, 0.3) is 5.91 Å². The average Bonchev–Trinajstić information content (AvgIpc) is 2.95. The molecule has 0 atom stereocenters. The summed E-state index contributed by atoms with van der Waals surface area (Å²) >= 11 is 0. The maximum atomic E-state index is 12.1. The molecule has 0 bridgehead atoms. The number of rotatable bonds is 5. The predicted molar refractivity (Wildman–Crippen MR) is 105 cm³/mol. The largest absolute Gasteiger partial charge is 0.507 e. The van der Waals surface area contributed by atoms with Crippen LogP contribution in [0.25, 0.3) is 5.69 Å². The van der Waals surface area contributed by atoms with E-state index in [4.69, 9.17) is 4.74 Å². The zero-order valence-electron chi connectivity index (χ0n) is 15.4. The van der Waals surface area contributed by atoms with Crippen molar-refractivity contribution in [2.24, 2.45) is 5.10 Å². The Labute approximate surface area is 157 Å². The molecular weight excluding hydrogens is 342 g/mol. The number of phenolic OH excluding ortho intramolecular Hbond substituents is 1. The van der Waals surface area contributed by atoms with Gasteiger partial charge in [-0.05, 0) is 56.3 Å². The van der Waals surface area contributed by atoms with Gasteiger partial charge in [-0.15, -0.1) is 0 Å². The SMILES string of the molecule is COc1ccc(-n2c(C)cc(/C=N\NC(=O)c3ccccc3O)c2C)cc1. The van der Waals surface area contributed by atoms with Crippen LogP contribution in [0.4, 0.5) is 0 Å². The summed E-state index contributed by atoms with van der Waals surface area (Å²) < 4.78 is 7.31. The van der Waals surface area contributed by atoms with E-state index < -0.39 is 5.91 Å². The Hall–Kier alpha value is -3.54. The first-order valence-electron chi connectivity index (χ1n) is 8.46. The second-order valence-corrected chi connectivity index (χ2v) is 6.08. The van der Waals surface area contributed by atoms with Crippen LogP contribution < -0.4 is 10.2 Å². The minimum absolute atomic E-state index is 0.0807. The molecule has 0 aliphatic heterocycles. The van der Waals surface area contributed by atoms with Crippen molar-refractivity contribution in [2.45, 2.75) is 13.8 Å². The van der Waals surface area contributed by atoms with E-state index >= 15 is 0 Å². The van der Waals surface area contributed by atoms with Crippen LogP contribution in [0.5, 0.6) is 11.5 Å². The van der Waals surface area contributed by atoms with Gasteiger partial charge in [-0.3, -0.25) is 4.79 Å². The van der Waals surface area contributed by atoms with Gasteiger partial charge in [-0.2, -0.15) is 5.10 Å². The lowest BCUT2D eigenvalue weighted by Gasteiger charge is -2.10. The molecule has 0 unspecified atom stereocenters. The molecule has 0 spiro atoms. The summed E-state index contributed by atoms with van der Waals surface area (Å²) in [5, 5.41) is 13.7. The number of para-hydroxylation sites is 1. The molecule has 138 valence electrons. The van der Waals surface area contributed by atoms with Crippen LogP contribution in [0.1, 0.15) is 27.3 Å². The number of aromatic nitrogens is 1. The van der Waals surface area contributed by atoms with E-state index in [1.165, 1.54) is 12.1 Å². The number of carbonyl (C=O) groups excluding carboxylic acids is 1. The van der Waals surface area contributed by atoms with Crippen LogP contribution in [0, 0.1) is 13.8 Å². The van der Waals surface area contributed by atoms with Gasteiger partial charge in [-0.25, -0.2) is 5.43 Å². The second-order valence-electron chi connectivity index (χ2n) is 6.08. The Morgan fingerprint density at radius 1 is 1.15 bits per heavy atom. The summed E-state index contributed by atoms with van der Waals surface area (Å²) in [6.45, 7) is 4.00. The van der Waals surface area contributed by atoms with Gasteiger partial charge >= 0.3 is 0 Å². The smallest absolute Gasteiger partial charge is 0.275 e. The first-order chi connectivity index (χ1) is 13.0. The summed E-state index contributed by atoms with van der Waals surface area (Å²) in [6, 6.07) is 16.1. The minimum atomic E-state index is -0.465. The number of hydrogen-bond donors (Lipinski definition) is 2. The molecule has 0 fully saturated rings. The molecular formula is C21H21N3O3. The number of benzene rings is 2. The third-order valence-electron chi connectivity index (χ3n) is 4.32. The summed E-state index contributed by atoms with van der Waals surface area (Å²) in [4.78, 5) is 12.1. The summed E-state index contributed by atoms with van der Waals surface area (Å²) in [6.07, 6.45) is 1.60. The van der Waals surface area contributed by atoms with Crippen LogP contribution in [0.2, 0.25) is 0 Å². The number of nitrogens with one attached hydrogen (secondary N) is 1. The van der Waals surface area contributed by atoms with Gasteiger partial charge in [0.1, 0.15) is 11.5 Å². The number of ether oxygens (including phenoxy) is 1. The molecule has 0 radical (unpaired) electrons. The van der Waals surface area contributed by atoms with Crippen LogP contribution >= 0.6 is 0 Å². The number of amides is 1. The lowest BCUT2D eigenvalue weighted by Crippen LogP contribution is -2.17. The first-order valence-corrected chi connectivity index (χ1v) is 8.46. The fourth-order valence-electron chi connectivity index (χ4n) is 2.93. The maximum Gasteiger partial charge on any atom is 0.275 e. The highest BCUT2D eigenvalue weighted by molar-refractivity contribution is 5.97. The standard InChI is InChI=1S/C21H21N3O3/c1-14-12-16(13-22-23-21(26)19-6-4-5-7-20(19)25)15(2)24(14)17-8-10-18(27-3)11-9-17/h4-13,25H,1-3H3,(H,23,26)/b22-13-. The number of nitrogens with zero attached hydrogens (tertiary/aromatic N) is 2. The summed E-state index contributed by atoms with van der Waals surface area (Å²) in [5.41, 5.74) is 6.58. The van der Waals surface area contributed by atoms with Crippen LogP contribution in [0.15, 0.2) is 59.7 Å². The van der Waals surface area contributed by atoms with E-state index in [1.54, 1.807) is 25.5 Å². The zero-order valence-corrected chi connectivity index (χ0v) is 15.4. The average molecular weight is 363 g/mol. The first kappa shape index (κ1) is 18.3. The molecule has 0 aliphatic carbocycles. The lowest BCUT2D eigenvalue weighted by molar-refractivity contribution is 0.0952. The molecule has 27 heavy (non-hydrogen) atoms. The van der Waals surface area contributed by atoms with Crippen molar-refractivity contribution in [3.63, 3.8) is 0 Å². The van der Waals surface area contributed by atoms with E-state index in [0.29, 0.717) is 0 Å². The van der Waals surface area contributed by atoms with E-state index in [9.17, 15) is 9.90 Å². The van der Waals surface area contributed by atoms with Crippen molar-refractivity contribution >= 4 is 12.1 Å². The predicted octanol–water partition coefficient (Wildman–Crippen LogP) is 3.57. The number of carbonyl (C=O) groups is 1. The fourth-order valence-corrected chi connectivity index (χ4v) is 2.93. The maximum absolute atomic E-state index is 12.1. The van der Waals surface area contributed by atoms with Crippen molar-refractivity contribution in [3.8, 4) is 17.2 Å². The molecule has 0 saturated carbocycles. The van der Waals surface area contributed by atoms with Gasteiger partial charge in [-0.1, -0.05) is 12.1 Å². The molecule has 0 aliphatic rings. The van der Waals surface area contributed by atoms with E-state index in [1.807, 2.05) is 44.2 Å². The van der Waals surface area contributed by atoms with E-state index in [-0.39, 0.29) is 11.3 Å². The second kappa shape index (κ2) is 7.78.